The van der Waals surface area contributed by atoms with E-state index in [0.717, 1.165) is 26.1 Å². The van der Waals surface area contributed by atoms with E-state index in [0.29, 0.717) is 11.3 Å². The number of hydrogen-bond donors (Lipinski definition) is 1. The van der Waals surface area contributed by atoms with Gasteiger partial charge in [-0.1, -0.05) is 17.7 Å². The van der Waals surface area contributed by atoms with Gasteiger partial charge in [0.15, 0.2) is 0 Å². The van der Waals surface area contributed by atoms with Crippen LogP contribution in [0.2, 0.25) is 5.15 Å². The Labute approximate surface area is 95.4 Å². The molecule has 3 nitrogen and oxygen atoms in total. The molecule has 2 rings (SSSR count). The molecule has 0 aromatic carbocycles. The molecule has 0 spiro atoms. The number of rotatable bonds is 3. The van der Waals surface area contributed by atoms with E-state index in [9.17, 15) is 0 Å². The summed E-state index contributed by atoms with van der Waals surface area (Å²) in [6, 6.07) is 3.89. The van der Waals surface area contributed by atoms with Crippen LogP contribution in [0.5, 0.6) is 0 Å². The zero-order chi connectivity index (χ0) is 10.7. The number of nitrogens with one attached hydrogen (secondary N) is 1. The molecular weight excluding hydrogens is 210 g/mol. The van der Waals surface area contributed by atoms with Gasteiger partial charge in [-0.15, -0.1) is 0 Å². The van der Waals surface area contributed by atoms with Gasteiger partial charge in [-0.05, 0) is 25.0 Å². The maximum atomic E-state index is 5.73. The van der Waals surface area contributed by atoms with Gasteiger partial charge < -0.3 is 5.32 Å². The third kappa shape index (κ3) is 2.91. The van der Waals surface area contributed by atoms with E-state index >= 15 is 0 Å². The first-order chi connectivity index (χ1) is 7.25. The normalized spacial score (nSPS) is 22.1. The highest BCUT2D eigenvalue weighted by Crippen LogP contribution is 2.08. The third-order valence-electron chi connectivity index (χ3n) is 2.86. The highest BCUT2D eigenvalue weighted by Gasteiger charge is 2.18. The number of pyridine rings is 1. The zero-order valence-electron chi connectivity index (χ0n) is 8.91. The van der Waals surface area contributed by atoms with Crippen molar-refractivity contribution >= 4 is 11.6 Å². The first-order valence-electron chi connectivity index (χ1n) is 5.33. The minimum Gasteiger partial charge on any atom is -0.301 e. The predicted molar refractivity (Wildman–Crippen MR) is 62.0 cm³/mol. The van der Waals surface area contributed by atoms with Gasteiger partial charge in [-0.3, -0.25) is 4.90 Å². The Bertz CT molecular complexity index is 312. The van der Waals surface area contributed by atoms with Crippen LogP contribution in [-0.4, -0.2) is 35.7 Å². The fourth-order valence-electron chi connectivity index (χ4n) is 1.87. The molecule has 1 fully saturated rings. The van der Waals surface area contributed by atoms with Gasteiger partial charge in [0, 0.05) is 25.8 Å². The van der Waals surface area contributed by atoms with E-state index in [1.54, 1.807) is 0 Å². The average Bonchev–Trinajstić information content (AvgIpc) is 2.63. The van der Waals surface area contributed by atoms with Crippen LogP contribution in [0.3, 0.4) is 0 Å². The zero-order valence-corrected chi connectivity index (χ0v) is 9.67. The quantitative estimate of drug-likeness (QED) is 0.791. The number of aromatic nitrogens is 1. The molecule has 0 bridgehead atoms. The van der Waals surface area contributed by atoms with Crippen molar-refractivity contribution in [2.45, 2.75) is 19.5 Å². The smallest absolute Gasteiger partial charge is 0.129 e. The van der Waals surface area contributed by atoms with E-state index in [-0.39, 0.29) is 0 Å². The minimum atomic E-state index is 0.505. The van der Waals surface area contributed by atoms with Gasteiger partial charge in [-0.25, -0.2) is 4.98 Å². The fourth-order valence-corrected chi connectivity index (χ4v) is 1.98. The monoisotopic (exact) mass is 225 g/mol. The summed E-state index contributed by atoms with van der Waals surface area (Å²) in [6.07, 6.45) is 3.40. The summed E-state index contributed by atoms with van der Waals surface area (Å²) in [4.78, 5) is 6.51. The summed E-state index contributed by atoms with van der Waals surface area (Å²) in [6.45, 7) is 5.52. The number of nitrogens with zero attached hydrogens (tertiary/aromatic N) is 2. The van der Waals surface area contributed by atoms with E-state index in [1.807, 2.05) is 18.3 Å². The lowest BCUT2D eigenvalue weighted by molar-refractivity contribution is 0.261. The van der Waals surface area contributed by atoms with Crippen LogP contribution in [0, 0.1) is 0 Å². The van der Waals surface area contributed by atoms with Crippen molar-refractivity contribution in [2.75, 3.05) is 19.6 Å². The third-order valence-corrected chi connectivity index (χ3v) is 3.09. The van der Waals surface area contributed by atoms with E-state index < -0.39 is 0 Å². The molecule has 1 aromatic rings. The molecule has 82 valence electrons. The summed E-state index contributed by atoms with van der Waals surface area (Å²) in [5, 5.41) is 3.97. The highest BCUT2D eigenvalue weighted by atomic mass is 35.5. The highest BCUT2D eigenvalue weighted by molar-refractivity contribution is 6.29. The van der Waals surface area contributed by atoms with Crippen LogP contribution in [-0.2, 0) is 6.42 Å². The average molecular weight is 226 g/mol. The molecule has 1 aliphatic rings. The van der Waals surface area contributed by atoms with E-state index in [4.69, 9.17) is 11.6 Å². The minimum absolute atomic E-state index is 0.505. The van der Waals surface area contributed by atoms with Gasteiger partial charge in [0.1, 0.15) is 5.15 Å². The molecule has 0 saturated carbocycles. The summed E-state index contributed by atoms with van der Waals surface area (Å²) in [5.41, 5.74) is 1.25. The molecule has 4 heteroatoms. The molecule has 1 N–H and O–H groups in total. The van der Waals surface area contributed by atoms with Gasteiger partial charge in [0.05, 0.1) is 6.17 Å². The van der Waals surface area contributed by atoms with Gasteiger partial charge in [-0.2, -0.15) is 0 Å². The Morgan fingerprint density at radius 2 is 2.47 bits per heavy atom. The molecule has 0 aliphatic carbocycles. The van der Waals surface area contributed by atoms with Crippen molar-refractivity contribution in [1.29, 1.82) is 0 Å². The van der Waals surface area contributed by atoms with Crippen LogP contribution in [0.25, 0.3) is 0 Å². The Balaban J connectivity index is 1.85. The van der Waals surface area contributed by atoms with Crippen molar-refractivity contribution in [3.05, 3.63) is 29.0 Å². The topological polar surface area (TPSA) is 28.2 Å². The first-order valence-corrected chi connectivity index (χ1v) is 5.71. The Hall–Kier alpha value is -0.640. The lowest BCUT2D eigenvalue weighted by Gasteiger charge is -2.19. The molecule has 0 radical (unpaired) electrons. The Kier molecular flexibility index (Phi) is 3.57. The fraction of sp³-hybridized carbons (Fsp3) is 0.545. The van der Waals surface area contributed by atoms with E-state index in [1.165, 1.54) is 5.56 Å². The molecule has 1 saturated heterocycles. The molecule has 2 heterocycles. The summed E-state index contributed by atoms with van der Waals surface area (Å²) in [5.74, 6) is 0. The Morgan fingerprint density at radius 1 is 1.60 bits per heavy atom. The number of halogens is 1. The maximum absolute atomic E-state index is 5.73. The molecule has 15 heavy (non-hydrogen) atoms. The van der Waals surface area contributed by atoms with Gasteiger partial charge in [0.25, 0.3) is 0 Å². The molecule has 1 aromatic heterocycles. The molecule has 1 atom stereocenters. The van der Waals surface area contributed by atoms with Crippen molar-refractivity contribution in [2.24, 2.45) is 0 Å². The lowest BCUT2D eigenvalue weighted by atomic mass is 10.2. The SMILES string of the molecule is CC1NCCN1CCc1ccc(Cl)nc1. The van der Waals surface area contributed by atoms with Crippen molar-refractivity contribution in [3.63, 3.8) is 0 Å². The molecule has 1 aliphatic heterocycles. The van der Waals surface area contributed by atoms with Crippen LogP contribution in [0.1, 0.15) is 12.5 Å². The molecule has 1 unspecified atom stereocenters. The van der Waals surface area contributed by atoms with Gasteiger partial charge >= 0.3 is 0 Å². The molecular formula is C11H16ClN3. The van der Waals surface area contributed by atoms with E-state index in [2.05, 4.69) is 22.1 Å². The summed E-state index contributed by atoms with van der Waals surface area (Å²) < 4.78 is 0. The summed E-state index contributed by atoms with van der Waals surface area (Å²) >= 11 is 5.73. The molecule has 0 amide bonds. The van der Waals surface area contributed by atoms with Crippen molar-refractivity contribution in [3.8, 4) is 0 Å². The Morgan fingerprint density at radius 3 is 3.07 bits per heavy atom. The second kappa shape index (κ2) is 4.92. The second-order valence-electron chi connectivity index (χ2n) is 3.91. The largest absolute Gasteiger partial charge is 0.301 e. The summed E-state index contributed by atoms with van der Waals surface area (Å²) in [7, 11) is 0. The predicted octanol–water partition coefficient (Wildman–Crippen LogP) is 1.53. The number of hydrogen-bond acceptors (Lipinski definition) is 3. The van der Waals surface area contributed by atoms with Crippen LogP contribution >= 0.6 is 11.6 Å². The van der Waals surface area contributed by atoms with Crippen LogP contribution < -0.4 is 5.32 Å². The van der Waals surface area contributed by atoms with Crippen molar-refractivity contribution in [1.82, 2.24) is 15.2 Å². The van der Waals surface area contributed by atoms with Crippen LogP contribution in [0.4, 0.5) is 0 Å². The van der Waals surface area contributed by atoms with Gasteiger partial charge in [0.2, 0.25) is 0 Å². The second-order valence-corrected chi connectivity index (χ2v) is 4.29. The standard InChI is InChI=1S/C11H16ClN3/c1-9-13-5-7-15(9)6-4-10-2-3-11(12)14-8-10/h2-3,8-9,13H,4-7H2,1H3. The maximum Gasteiger partial charge on any atom is 0.129 e. The first kappa shape index (κ1) is 10.9. The van der Waals surface area contributed by atoms with Crippen LogP contribution in [0.15, 0.2) is 18.3 Å². The van der Waals surface area contributed by atoms with Crippen molar-refractivity contribution < 1.29 is 0 Å². The lowest BCUT2D eigenvalue weighted by Crippen LogP contribution is -2.34.